The molecule has 204 valence electrons. The van der Waals surface area contributed by atoms with Gasteiger partial charge in [0.05, 0.1) is 35.3 Å². The highest BCUT2D eigenvalue weighted by molar-refractivity contribution is 5.89. The van der Waals surface area contributed by atoms with Crippen LogP contribution >= 0.6 is 0 Å². The SMILES string of the molecule is CC[C@H](NC(=O)OC(C)(C)C)c1nc2cccc(C#Cc3ccc(C(=O)OC)cc3)c2c(=O)n1-c1ccccc1. The van der Waals surface area contributed by atoms with Crippen molar-refractivity contribution in [3.05, 3.63) is 106 Å². The number of fused-ring (bicyclic) bond motifs is 1. The molecule has 0 bridgehead atoms. The predicted molar refractivity (Wildman–Crippen MR) is 154 cm³/mol. The summed E-state index contributed by atoms with van der Waals surface area (Å²) in [5.41, 5.74) is 1.70. The van der Waals surface area contributed by atoms with Gasteiger partial charge in [-0.25, -0.2) is 14.6 Å². The first-order chi connectivity index (χ1) is 19.1. The number of nitrogens with zero attached hydrogens (tertiary/aromatic N) is 2. The summed E-state index contributed by atoms with van der Waals surface area (Å²) in [6, 6.07) is 20.6. The standard InChI is InChI=1S/C32H31N3O5/c1-6-25(34-31(38)40-32(2,3)4)28-33-26-14-10-11-22(18-15-21-16-19-23(20-17-21)30(37)39-5)27(26)29(36)35(28)24-12-8-7-9-13-24/h7-14,16-17,19-20,25H,6H2,1-5H3,(H,34,38)/t25-/m0/s1. The third-order valence-electron chi connectivity index (χ3n) is 6.00. The van der Waals surface area contributed by atoms with Crippen molar-refractivity contribution in [2.45, 2.75) is 45.8 Å². The highest BCUT2D eigenvalue weighted by atomic mass is 16.6. The van der Waals surface area contributed by atoms with E-state index < -0.39 is 23.7 Å². The van der Waals surface area contributed by atoms with Gasteiger partial charge >= 0.3 is 12.1 Å². The number of esters is 1. The third kappa shape index (κ3) is 6.38. The van der Waals surface area contributed by atoms with Gasteiger partial charge < -0.3 is 14.8 Å². The maximum Gasteiger partial charge on any atom is 0.408 e. The Morgan fingerprint density at radius 3 is 2.30 bits per heavy atom. The van der Waals surface area contributed by atoms with Crippen LogP contribution in [0.25, 0.3) is 16.6 Å². The van der Waals surface area contributed by atoms with Crippen molar-refractivity contribution in [2.75, 3.05) is 7.11 Å². The molecule has 0 saturated carbocycles. The van der Waals surface area contributed by atoms with Gasteiger partial charge in [-0.3, -0.25) is 9.36 Å². The number of rotatable bonds is 5. The Morgan fingerprint density at radius 2 is 1.68 bits per heavy atom. The number of carbonyl (C=O) groups excluding carboxylic acids is 2. The number of benzene rings is 3. The minimum Gasteiger partial charge on any atom is -0.465 e. The van der Waals surface area contributed by atoms with Crippen LogP contribution in [0, 0.1) is 11.8 Å². The van der Waals surface area contributed by atoms with Crippen LogP contribution in [0.5, 0.6) is 0 Å². The van der Waals surface area contributed by atoms with Crippen LogP contribution in [0.3, 0.4) is 0 Å². The van der Waals surface area contributed by atoms with Crippen molar-refractivity contribution in [1.29, 1.82) is 0 Å². The average Bonchev–Trinajstić information content (AvgIpc) is 2.94. The first-order valence-corrected chi connectivity index (χ1v) is 12.9. The van der Waals surface area contributed by atoms with Crippen LogP contribution in [-0.4, -0.2) is 34.3 Å². The zero-order valence-electron chi connectivity index (χ0n) is 23.1. The lowest BCUT2D eigenvalue weighted by Gasteiger charge is -2.24. The van der Waals surface area contributed by atoms with Crippen LogP contribution in [0.15, 0.2) is 77.6 Å². The number of ether oxygens (including phenoxy) is 2. The van der Waals surface area contributed by atoms with E-state index in [9.17, 15) is 14.4 Å². The summed E-state index contributed by atoms with van der Waals surface area (Å²) < 4.78 is 11.7. The molecule has 8 heteroatoms. The first-order valence-electron chi connectivity index (χ1n) is 12.9. The summed E-state index contributed by atoms with van der Waals surface area (Å²) >= 11 is 0. The van der Waals surface area contributed by atoms with Crippen LogP contribution < -0.4 is 10.9 Å². The summed E-state index contributed by atoms with van der Waals surface area (Å²) in [6.07, 6.45) is -0.114. The quantitative estimate of drug-likeness (QED) is 0.265. The van der Waals surface area contributed by atoms with E-state index in [0.717, 1.165) is 0 Å². The van der Waals surface area contributed by atoms with E-state index in [-0.39, 0.29) is 5.56 Å². The molecule has 1 amide bonds. The van der Waals surface area contributed by atoms with Gasteiger partial charge in [0.2, 0.25) is 0 Å². The van der Waals surface area contributed by atoms with Crippen LogP contribution in [0.1, 0.15) is 67.5 Å². The smallest absolute Gasteiger partial charge is 0.408 e. The number of alkyl carbamates (subject to hydrolysis) is 1. The number of nitrogens with one attached hydrogen (secondary N) is 1. The molecule has 0 radical (unpaired) electrons. The highest BCUT2D eigenvalue weighted by Gasteiger charge is 2.25. The third-order valence-corrected chi connectivity index (χ3v) is 6.00. The zero-order chi connectivity index (χ0) is 28.9. The number of para-hydroxylation sites is 1. The van der Waals surface area contributed by atoms with E-state index in [1.807, 2.05) is 37.3 Å². The van der Waals surface area contributed by atoms with Crippen molar-refractivity contribution < 1.29 is 19.1 Å². The zero-order valence-corrected chi connectivity index (χ0v) is 23.1. The van der Waals surface area contributed by atoms with Gasteiger partial charge in [0, 0.05) is 11.1 Å². The molecular formula is C32H31N3O5. The van der Waals surface area contributed by atoms with E-state index >= 15 is 0 Å². The molecule has 40 heavy (non-hydrogen) atoms. The molecule has 0 spiro atoms. The van der Waals surface area contributed by atoms with Crippen molar-refractivity contribution in [3.63, 3.8) is 0 Å². The van der Waals surface area contributed by atoms with Crippen LogP contribution in [0.2, 0.25) is 0 Å². The molecule has 0 fully saturated rings. The molecule has 1 N–H and O–H groups in total. The van der Waals surface area contributed by atoms with Gasteiger partial charge in [-0.15, -0.1) is 0 Å². The molecule has 3 aromatic carbocycles. The van der Waals surface area contributed by atoms with Gasteiger partial charge in [-0.05, 0) is 75.7 Å². The van der Waals surface area contributed by atoms with E-state index in [1.54, 1.807) is 63.2 Å². The first kappa shape index (κ1) is 28.1. The monoisotopic (exact) mass is 537 g/mol. The predicted octanol–water partition coefficient (Wildman–Crippen LogP) is 5.55. The minimum absolute atomic E-state index is 0.304. The van der Waals surface area contributed by atoms with Crippen molar-refractivity contribution in [1.82, 2.24) is 14.9 Å². The van der Waals surface area contributed by atoms with Gasteiger partial charge in [-0.2, -0.15) is 0 Å². The van der Waals surface area contributed by atoms with Gasteiger partial charge in [-0.1, -0.05) is 43.0 Å². The van der Waals surface area contributed by atoms with Crippen molar-refractivity contribution in [3.8, 4) is 17.5 Å². The Balaban J connectivity index is 1.85. The fourth-order valence-corrected chi connectivity index (χ4v) is 4.16. The van der Waals surface area contributed by atoms with Gasteiger partial charge in [0.1, 0.15) is 11.4 Å². The molecular weight excluding hydrogens is 506 g/mol. The summed E-state index contributed by atoms with van der Waals surface area (Å²) in [5.74, 6) is 6.13. The number of aromatic nitrogens is 2. The summed E-state index contributed by atoms with van der Waals surface area (Å²) in [7, 11) is 1.33. The molecule has 0 saturated heterocycles. The molecule has 8 nitrogen and oxygen atoms in total. The molecule has 0 aliphatic heterocycles. The molecule has 1 atom stereocenters. The number of amides is 1. The molecule has 0 aliphatic carbocycles. The summed E-state index contributed by atoms with van der Waals surface area (Å²) in [6.45, 7) is 7.27. The van der Waals surface area contributed by atoms with E-state index in [2.05, 4.69) is 17.2 Å². The molecule has 1 heterocycles. The summed E-state index contributed by atoms with van der Waals surface area (Å²) in [5, 5.41) is 3.24. The number of methoxy groups -OCH3 is 1. The second-order valence-electron chi connectivity index (χ2n) is 10.1. The lowest BCUT2D eigenvalue weighted by atomic mass is 10.1. The second-order valence-corrected chi connectivity index (χ2v) is 10.1. The fourth-order valence-electron chi connectivity index (χ4n) is 4.16. The number of hydrogen-bond donors (Lipinski definition) is 1. The lowest BCUT2D eigenvalue weighted by Crippen LogP contribution is -2.37. The van der Waals surface area contributed by atoms with E-state index in [4.69, 9.17) is 14.5 Å². The minimum atomic E-state index is -0.675. The topological polar surface area (TPSA) is 99.5 Å². The molecule has 4 aromatic rings. The van der Waals surface area contributed by atoms with Crippen LogP contribution in [0.4, 0.5) is 4.79 Å². The second kappa shape index (κ2) is 11.9. The Hall–Kier alpha value is -4.90. The maximum atomic E-state index is 14.1. The lowest BCUT2D eigenvalue weighted by molar-refractivity contribution is 0.0498. The Kier molecular flexibility index (Phi) is 8.34. The highest BCUT2D eigenvalue weighted by Crippen LogP contribution is 2.22. The van der Waals surface area contributed by atoms with Gasteiger partial charge in [0.15, 0.2) is 0 Å². The molecule has 0 aliphatic rings. The molecule has 0 unspecified atom stereocenters. The van der Waals surface area contributed by atoms with Crippen molar-refractivity contribution in [2.24, 2.45) is 0 Å². The van der Waals surface area contributed by atoms with Gasteiger partial charge in [0.25, 0.3) is 5.56 Å². The normalized spacial score (nSPS) is 11.7. The Labute approximate surface area is 233 Å². The number of hydrogen-bond acceptors (Lipinski definition) is 6. The van der Waals surface area contributed by atoms with Crippen molar-refractivity contribution >= 4 is 23.0 Å². The molecule has 1 aromatic heterocycles. The maximum absolute atomic E-state index is 14.1. The average molecular weight is 538 g/mol. The van der Waals surface area contributed by atoms with Crippen LogP contribution in [-0.2, 0) is 9.47 Å². The number of carbonyl (C=O) groups is 2. The Morgan fingerprint density at radius 1 is 0.975 bits per heavy atom. The largest absolute Gasteiger partial charge is 0.465 e. The van der Waals surface area contributed by atoms with E-state index in [1.165, 1.54) is 11.7 Å². The Bertz CT molecular complexity index is 1660. The van der Waals surface area contributed by atoms with E-state index in [0.29, 0.717) is 45.5 Å². The summed E-state index contributed by atoms with van der Waals surface area (Å²) in [4.78, 5) is 43.4. The molecule has 4 rings (SSSR count). The fraction of sp³-hybridized carbons (Fsp3) is 0.250.